The third-order valence-corrected chi connectivity index (χ3v) is 4.16. The van der Waals surface area contributed by atoms with Crippen LogP contribution in [0, 0.1) is 11.3 Å². The fourth-order valence-electron chi connectivity index (χ4n) is 2.83. The predicted molar refractivity (Wildman–Crippen MR) is 122 cm³/mol. The van der Waals surface area contributed by atoms with Gasteiger partial charge in [-0.15, -0.1) is 24.0 Å². The number of hydrogen-bond donors (Lipinski definition) is 1. The molecule has 7 heteroatoms. The number of nitrogens with one attached hydrogen (secondary N) is 1. The second kappa shape index (κ2) is 10.5. The van der Waals surface area contributed by atoms with Gasteiger partial charge in [0.05, 0.1) is 23.5 Å². The van der Waals surface area contributed by atoms with Crippen LogP contribution in [0.15, 0.2) is 72.0 Å². The molecular weight excluding hydrogens is 463 g/mol. The number of aliphatic imine (C=N–C) groups is 1. The van der Waals surface area contributed by atoms with E-state index in [1.165, 1.54) is 0 Å². The first-order valence-corrected chi connectivity index (χ1v) is 8.69. The van der Waals surface area contributed by atoms with Gasteiger partial charge in [0, 0.05) is 38.9 Å². The van der Waals surface area contributed by atoms with Crippen LogP contribution in [0.2, 0.25) is 0 Å². The molecule has 0 amide bonds. The normalized spacial score (nSPS) is 10.7. The van der Waals surface area contributed by atoms with Gasteiger partial charge in [0.1, 0.15) is 0 Å². The molecule has 3 aromatic rings. The molecule has 0 atom stereocenters. The molecule has 0 saturated heterocycles. The number of nitrogens with zero attached hydrogens (tertiary/aromatic N) is 5. The van der Waals surface area contributed by atoms with Crippen molar-refractivity contribution < 1.29 is 0 Å². The number of aromatic nitrogens is 2. The van der Waals surface area contributed by atoms with E-state index in [1.807, 2.05) is 77.6 Å². The fraction of sp³-hybridized carbons (Fsp3) is 0.190. The van der Waals surface area contributed by atoms with Crippen LogP contribution in [0.3, 0.4) is 0 Å². The van der Waals surface area contributed by atoms with Crippen molar-refractivity contribution in [2.24, 2.45) is 4.99 Å². The molecule has 6 nitrogen and oxygen atoms in total. The van der Waals surface area contributed by atoms with Crippen LogP contribution in [0.5, 0.6) is 0 Å². The molecule has 0 spiro atoms. The van der Waals surface area contributed by atoms with E-state index in [0.717, 1.165) is 22.8 Å². The summed E-state index contributed by atoms with van der Waals surface area (Å²) in [6.45, 7) is 1.29. The van der Waals surface area contributed by atoms with Crippen molar-refractivity contribution in [3.05, 3.63) is 83.7 Å². The number of nitriles is 1. The standard InChI is InChI=1S/C21H22N6.HI/c1-23-21(24-13-18-8-6-7-17(11-18)12-22)26(2)15-19-14-25-27(16-19)20-9-4-3-5-10-20;/h3-11,14,16H,13,15H2,1-2H3,(H,23,24);1H. The van der Waals surface area contributed by atoms with Gasteiger partial charge in [-0.3, -0.25) is 4.99 Å². The third kappa shape index (κ3) is 5.57. The topological polar surface area (TPSA) is 69.2 Å². The molecule has 0 aliphatic carbocycles. The Morgan fingerprint density at radius 3 is 2.68 bits per heavy atom. The van der Waals surface area contributed by atoms with Gasteiger partial charge in [0.15, 0.2) is 5.96 Å². The largest absolute Gasteiger partial charge is 0.352 e. The monoisotopic (exact) mass is 486 g/mol. The van der Waals surface area contributed by atoms with Crippen LogP contribution in [-0.4, -0.2) is 34.7 Å². The number of hydrogen-bond acceptors (Lipinski definition) is 3. The van der Waals surface area contributed by atoms with Crippen molar-refractivity contribution >= 4 is 29.9 Å². The summed E-state index contributed by atoms with van der Waals surface area (Å²) in [5, 5.41) is 16.8. The van der Waals surface area contributed by atoms with E-state index >= 15 is 0 Å². The van der Waals surface area contributed by atoms with Crippen LogP contribution in [0.4, 0.5) is 0 Å². The minimum atomic E-state index is 0. The Labute approximate surface area is 182 Å². The Hall–Kier alpha value is -2.86. The number of para-hydroxylation sites is 1. The van der Waals surface area contributed by atoms with E-state index in [2.05, 4.69) is 21.5 Å². The molecule has 0 fully saturated rings. The van der Waals surface area contributed by atoms with Gasteiger partial charge in [0.25, 0.3) is 0 Å². The molecule has 0 unspecified atom stereocenters. The summed E-state index contributed by atoms with van der Waals surface area (Å²) >= 11 is 0. The Kier molecular flexibility index (Phi) is 8.02. The van der Waals surface area contributed by atoms with Crippen molar-refractivity contribution in [2.75, 3.05) is 14.1 Å². The van der Waals surface area contributed by atoms with Crippen molar-refractivity contribution in [3.63, 3.8) is 0 Å². The Balaban J connectivity index is 0.00000280. The molecule has 1 aromatic heterocycles. The molecule has 2 aromatic carbocycles. The zero-order valence-electron chi connectivity index (χ0n) is 15.9. The molecule has 144 valence electrons. The highest BCUT2D eigenvalue weighted by Crippen LogP contribution is 2.09. The average molecular weight is 486 g/mol. The van der Waals surface area contributed by atoms with Crippen LogP contribution in [0.1, 0.15) is 16.7 Å². The van der Waals surface area contributed by atoms with Crippen LogP contribution < -0.4 is 5.32 Å². The van der Waals surface area contributed by atoms with Crippen LogP contribution >= 0.6 is 24.0 Å². The van der Waals surface area contributed by atoms with Gasteiger partial charge < -0.3 is 10.2 Å². The lowest BCUT2D eigenvalue weighted by atomic mass is 10.1. The fourth-order valence-corrected chi connectivity index (χ4v) is 2.83. The highest BCUT2D eigenvalue weighted by atomic mass is 127. The molecular formula is C21H23IN6. The average Bonchev–Trinajstić information content (AvgIpc) is 3.18. The van der Waals surface area contributed by atoms with Gasteiger partial charge in [-0.1, -0.05) is 30.3 Å². The summed E-state index contributed by atoms with van der Waals surface area (Å²) in [7, 11) is 3.75. The molecule has 0 radical (unpaired) electrons. The van der Waals surface area contributed by atoms with Gasteiger partial charge in [-0.2, -0.15) is 10.4 Å². The second-order valence-electron chi connectivity index (χ2n) is 6.20. The molecule has 0 aliphatic heterocycles. The van der Waals surface area contributed by atoms with E-state index < -0.39 is 0 Å². The Morgan fingerprint density at radius 1 is 1.18 bits per heavy atom. The maximum absolute atomic E-state index is 9.01. The smallest absolute Gasteiger partial charge is 0.193 e. The molecule has 28 heavy (non-hydrogen) atoms. The highest BCUT2D eigenvalue weighted by Gasteiger charge is 2.09. The zero-order valence-corrected chi connectivity index (χ0v) is 18.2. The zero-order chi connectivity index (χ0) is 19.1. The van der Waals surface area contributed by atoms with E-state index in [-0.39, 0.29) is 24.0 Å². The van der Waals surface area contributed by atoms with E-state index in [4.69, 9.17) is 5.26 Å². The van der Waals surface area contributed by atoms with Crippen molar-refractivity contribution in [3.8, 4) is 11.8 Å². The molecule has 1 heterocycles. The number of halogens is 1. The second-order valence-corrected chi connectivity index (χ2v) is 6.20. The molecule has 0 bridgehead atoms. The molecule has 1 N–H and O–H groups in total. The van der Waals surface area contributed by atoms with Crippen molar-refractivity contribution in [1.82, 2.24) is 20.0 Å². The van der Waals surface area contributed by atoms with Gasteiger partial charge in [0.2, 0.25) is 0 Å². The Morgan fingerprint density at radius 2 is 1.96 bits per heavy atom. The summed E-state index contributed by atoms with van der Waals surface area (Å²) in [4.78, 5) is 6.39. The van der Waals surface area contributed by atoms with E-state index in [9.17, 15) is 0 Å². The lowest BCUT2D eigenvalue weighted by Gasteiger charge is -2.21. The number of guanidine groups is 1. The molecule has 3 rings (SSSR count). The van der Waals surface area contributed by atoms with Crippen molar-refractivity contribution in [1.29, 1.82) is 5.26 Å². The SMILES string of the molecule is CN=C(NCc1cccc(C#N)c1)N(C)Cc1cnn(-c2ccccc2)c1.I. The third-order valence-electron chi connectivity index (χ3n) is 4.16. The summed E-state index contributed by atoms with van der Waals surface area (Å²) in [6, 6.07) is 19.8. The Bertz CT molecular complexity index is 958. The minimum Gasteiger partial charge on any atom is -0.352 e. The van der Waals surface area contributed by atoms with Crippen LogP contribution in [-0.2, 0) is 13.1 Å². The first-order valence-electron chi connectivity index (χ1n) is 8.69. The van der Waals surface area contributed by atoms with Crippen molar-refractivity contribution in [2.45, 2.75) is 13.1 Å². The number of rotatable bonds is 5. The summed E-state index contributed by atoms with van der Waals surface area (Å²) in [5.74, 6) is 0.782. The predicted octanol–water partition coefficient (Wildman–Crippen LogP) is 3.57. The first-order chi connectivity index (χ1) is 13.2. The lowest BCUT2D eigenvalue weighted by Crippen LogP contribution is -2.37. The van der Waals surface area contributed by atoms with Crippen LogP contribution in [0.25, 0.3) is 5.69 Å². The summed E-state index contributed by atoms with van der Waals surface area (Å²) in [5.41, 5.74) is 3.83. The molecule has 0 aliphatic rings. The maximum Gasteiger partial charge on any atom is 0.193 e. The first kappa shape index (κ1) is 21.4. The lowest BCUT2D eigenvalue weighted by molar-refractivity contribution is 0.476. The highest BCUT2D eigenvalue weighted by molar-refractivity contribution is 14.0. The summed E-state index contributed by atoms with van der Waals surface area (Å²) in [6.07, 6.45) is 3.89. The maximum atomic E-state index is 9.01. The minimum absolute atomic E-state index is 0. The summed E-state index contributed by atoms with van der Waals surface area (Å²) < 4.78 is 1.87. The van der Waals surface area contributed by atoms with Gasteiger partial charge >= 0.3 is 0 Å². The quantitative estimate of drug-likeness (QED) is 0.340. The van der Waals surface area contributed by atoms with E-state index in [0.29, 0.717) is 18.7 Å². The van der Waals surface area contributed by atoms with Gasteiger partial charge in [-0.05, 0) is 29.8 Å². The number of benzene rings is 2. The van der Waals surface area contributed by atoms with Gasteiger partial charge in [-0.25, -0.2) is 4.68 Å². The van der Waals surface area contributed by atoms with E-state index in [1.54, 1.807) is 13.1 Å². The molecule has 0 saturated carbocycles.